The molecule has 1 aromatic carbocycles. The molecule has 2 amide bonds. The van der Waals surface area contributed by atoms with Crippen LogP contribution in [0.1, 0.15) is 48.5 Å². The lowest BCUT2D eigenvalue weighted by Crippen LogP contribution is -2.53. The molecular weight excluding hydrogens is 326 g/mol. The van der Waals surface area contributed by atoms with Crippen LogP contribution < -0.4 is 11.1 Å². The van der Waals surface area contributed by atoms with Crippen LogP contribution in [0.2, 0.25) is 0 Å². The summed E-state index contributed by atoms with van der Waals surface area (Å²) in [4.78, 5) is 26.0. The van der Waals surface area contributed by atoms with Gasteiger partial charge in [-0.1, -0.05) is 25.0 Å². The maximum atomic E-state index is 12.7. The van der Waals surface area contributed by atoms with Crippen LogP contribution in [0.25, 0.3) is 0 Å². The molecule has 2 rings (SSSR count). The average molecular weight is 354 g/mol. The molecule has 1 aromatic rings. The van der Waals surface area contributed by atoms with Gasteiger partial charge in [-0.15, -0.1) is 12.4 Å². The van der Waals surface area contributed by atoms with E-state index in [-0.39, 0.29) is 30.1 Å². The van der Waals surface area contributed by atoms with E-state index in [2.05, 4.69) is 5.32 Å². The highest BCUT2D eigenvalue weighted by Gasteiger charge is 2.38. The zero-order chi connectivity index (χ0) is 17.0. The molecule has 1 saturated carbocycles. The van der Waals surface area contributed by atoms with Crippen molar-refractivity contribution in [2.75, 3.05) is 14.1 Å². The number of nitrogens with zero attached hydrogens (tertiary/aromatic N) is 1. The number of rotatable bonds is 4. The Labute approximate surface area is 150 Å². The van der Waals surface area contributed by atoms with Gasteiger partial charge in [0, 0.05) is 31.7 Å². The third-order valence-electron chi connectivity index (χ3n) is 4.79. The minimum absolute atomic E-state index is 0. The van der Waals surface area contributed by atoms with Gasteiger partial charge in [-0.25, -0.2) is 0 Å². The van der Waals surface area contributed by atoms with Crippen molar-refractivity contribution in [2.45, 2.75) is 44.7 Å². The second-order valence-electron chi connectivity index (χ2n) is 6.77. The zero-order valence-electron chi connectivity index (χ0n) is 14.7. The molecule has 134 valence electrons. The summed E-state index contributed by atoms with van der Waals surface area (Å²) in [6.45, 7) is 2.51. The number of amides is 2. The summed E-state index contributed by atoms with van der Waals surface area (Å²) < 4.78 is 0. The van der Waals surface area contributed by atoms with Gasteiger partial charge in [-0.2, -0.15) is 0 Å². The van der Waals surface area contributed by atoms with Crippen molar-refractivity contribution >= 4 is 24.2 Å². The van der Waals surface area contributed by atoms with Crippen molar-refractivity contribution in [3.05, 3.63) is 35.4 Å². The number of carbonyl (C=O) groups excluding carboxylic acids is 2. The number of hydrogen-bond donors (Lipinski definition) is 2. The fraction of sp³-hybridized carbons (Fsp3) is 0.556. The van der Waals surface area contributed by atoms with Crippen molar-refractivity contribution < 1.29 is 9.59 Å². The molecule has 1 aliphatic rings. The molecule has 1 aliphatic carbocycles. The third kappa shape index (κ3) is 4.71. The number of nitrogens with two attached hydrogens (primary N) is 1. The van der Waals surface area contributed by atoms with E-state index in [9.17, 15) is 9.59 Å². The number of carbonyl (C=O) groups is 2. The Morgan fingerprint density at radius 2 is 1.92 bits per heavy atom. The van der Waals surface area contributed by atoms with Crippen LogP contribution in [0, 0.1) is 5.92 Å². The molecule has 0 spiro atoms. The van der Waals surface area contributed by atoms with Crippen LogP contribution in [0.4, 0.5) is 0 Å². The van der Waals surface area contributed by atoms with Gasteiger partial charge in [0.25, 0.3) is 5.91 Å². The Balaban J connectivity index is 0.00000288. The first kappa shape index (κ1) is 20.5. The first-order valence-corrected chi connectivity index (χ1v) is 8.20. The molecule has 0 aromatic heterocycles. The Morgan fingerprint density at radius 1 is 1.29 bits per heavy atom. The molecule has 0 radical (unpaired) electrons. The fourth-order valence-corrected chi connectivity index (χ4v) is 3.29. The van der Waals surface area contributed by atoms with Crippen LogP contribution in [-0.2, 0) is 11.3 Å². The van der Waals surface area contributed by atoms with E-state index in [1.54, 1.807) is 24.1 Å². The second kappa shape index (κ2) is 8.49. The van der Waals surface area contributed by atoms with E-state index < -0.39 is 5.54 Å². The second-order valence-corrected chi connectivity index (χ2v) is 6.77. The first-order valence-electron chi connectivity index (χ1n) is 8.20. The molecule has 0 aliphatic heterocycles. The highest BCUT2D eigenvalue weighted by molar-refractivity contribution is 5.93. The Bertz CT molecular complexity index is 572. The maximum absolute atomic E-state index is 12.7. The van der Waals surface area contributed by atoms with Crippen LogP contribution in [0.15, 0.2) is 24.3 Å². The molecule has 1 fully saturated rings. The third-order valence-corrected chi connectivity index (χ3v) is 4.79. The van der Waals surface area contributed by atoms with Crippen molar-refractivity contribution in [1.82, 2.24) is 10.2 Å². The molecule has 24 heavy (non-hydrogen) atoms. The summed E-state index contributed by atoms with van der Waals surface area (Å²) in [5.74, 6) is -0.0986. The van der Waals surface area contributed by atoms with Gasteiger partial charge in [0.2, 0.25) is 5.91 Å². The molecule has 2 unspecified atom stereocenters. The minimum Gasteiger partial charge on any atom is -0.355 e. The largest absolute Gasteiger partial charge is 0.355 e. The Kier molecular flexibility index (Phi) is 7.24. The Morgan fingerprint density at radius 3 is 2.46 bits per heavy atom. The molecule has 0 heterocycles. The average Bonchev–Trinajstić information content (AvgIpc) is 2.53. The smallest absolute Gasteiger partial charge is 0.251 e. The van der Waals surface area contributed by atoms with Crippen molar-refractivity contribution in [1.29, 1.82) is 0 Å². The summed E-state index contributed by atoms with van der Waals surface area (Å²) in [6.07, 6.45) is 3.93. The standard InChI is InChI=1S/C18H27N3O2.ClH/c1-18(19)11-5-4-6-15(18)17(23)21(3)12-13-7-9-14(10-8-13)16(22)20-2;/h7-10,15H,4-6,11-12,19H2,1-3H3,(H,20,22);1H. The first-order chi connectivity index (χ1) is 10.8. The van der Waals surface area contributed by atoms with Gasteiger partial charge in [-0.3, -0.25) is 9.59 Å². The highest BCUT2D eigenvalue weighted by atomic mass is 35.5. The van der Waals surface area contributed by atoms with E-state index in [1.807, 2.05) is 26.1 Å². The summed E-state index contributed by atoms with van der Waals surface area (Å²) >= 11 is 0. The van der Waals surface area contributed by atoms with E-state index in [1.165, 1.54) is 0 Å². The van der Waals surface area contributed by atoms with Gasteiger partial charge in [-0.05, 0) is 37.5 Å². The van der Waals surface area contributed by atoms with E-state index in [4.69, 9.17) is 5.73 Å². The van der Waals surface area contributed by atoms with E-state index in [0.29, 0.717) is 12.1 Å². The molecule has 6 heteroatoms. The topological polar surface area (TPSA) is 75.4 Å². The fourth-order valence-electron chi connectivity index (χ4n) is 3.29. The van der Waals surface area contributed by atoms with Crippen LogP contribution >= 0.6 is 12.4 Å². The van der Waals surface area contributed by atoms with E-state index >= 15 is 0 Å². The molecule has 3 N–H and O–H groups in total. The summed E-state index contributed by atoms with van der Waals surface area (Å²) in [6, 6.07) is 7.33. The number of hydrogen-bond acceptors (Lipinski definition) is 3. The molecule has 2 atom stereocenters. The molecule has 5 nitrogen and oxygen atoms in total. The lowest BCUT2D eigenvalue weighted by Gasteiger charge is -2.39. The maximum Gasteiger partial charge on any atom is 0.251 e. The van der Waals surface area contributed by atoms with Crippen LogP contribution in [-0.4, -0.2) is 36.3 Å². The SMILES string of the molecule is CNC(=O)c1ccc(CN(C)C(=O)C2CCCCC2(C)N)cc1.Cl. The minimum atomic E-state index is -0.410. The van der Waals surface area contributed by atoms with Crippen LogP contribution in [0.5, 0.6) is 0 Å². The number of benzene rings is 1. The highest BCUT2D eigenvalue weighted by Crippen LogP contribution is 2.32. The van der Waals surface area contributed by atoms with Gasteiger partial charge in [0.05, 0.1) is 5.92 Å². The summed E-state index contributed by atoms with van der Waals surface area (Å²) in [5, 5.41) is 2.59. The predicted octanol–water partition coefficient (Wildman–Crippen LogP) is 2.33. The quantitative estimate of drug-likeness (QED) is 0.872. The number of halogens is 1. The Hall–Kier alpha value is -1.59. The van der Waals surface area contributed by atoms with Gasteiger partial charge in [0.1, 0.15) is 0 Å². The van der Waals surface area contributed by atoms with Crippen LogP contribution in [0.3, 0.4) is 0 Å². The normalized spacial score (nSPS) is 23.1. The van der Waals surface area contributed by atoms with Crippen molar-refractivity contribution in [2.24, 2.45) is 11.7 Å². The van der Waals surface area contributed by atoms with Crippen molar-refractivity contribution in [3.63, 3.8) is 0 Å². The lowest BCUT2D eigenvalue weighted by atomic mass is 9.74. The molecular formula is C18H28ClN3O2. The van der Waals surface area contributed by atoms with Crippen molar-refractivity contribution in [3.8, 4) is 0 Å². The number of nitrogens with one attached hydrogen (secondary N) is 1. The zero-order valence-corrected chi connectivity index (χ0v) is 15.5. The van der Waals surface area contributed by atoms with Gasteiger partial charge >= 0.3 is 0 Å². The summed E-state index contributed by atoms with van der Waals surface area (Å²) in [7, 11) is 3.43. The molecule has 0 saturated heterocycles. The molecule has 0 bridgehead atoms. The van der Waals surface area contributed by atoms with E-state index in [0.717, 1.165) is 31.2 Å². The van der Waals surface area contributed by atoms with Gasteiger partial charge < -0.3 is 16.0 Å². The van der Waals surface area contributed by atoms with Gasteiger partial charge in [0.15, 0.2) is 0 Å². The monoisotopic (exact) mass is 353 g/mol. The predicted molar refractivity (Wildman–Crippen MR) is 98.1 cm³/mol. The lowest BCUT2D eigenvalue weighted by molar-refractivity contribution is -0.138. The summed E-state index contributed by atoms with van der Waals surface area (Å²) in [5.41, 5.74) is 7.54.